The second kappa shape index (κ2) is 9.08. The van der Waals surface area contributed by atoms with Crippen molar-refractivity contribution in [1.29, 1.82) is 0 Å². The van der Waals surface area contributed by atoms with E-state index in [9.17, 15) is 19.2 Å². The molecular formula is C19H21N3O7S. The molecular weight excluding hydrogens is 414 g/mol. The quantitative estimate of drug-likeness (QED) is 0.468. The van der Waals surface area contributed by atoms with E-state index in [4.69, 9.17) is 14.2 Å². The SMILES string of the molecule is CCOC(=O)Cn1c(=NC(=O)CN2C(=O)CCC2=O)sc2cc(OC)c(OC)cc21. The van der Waals surface area contributed by atoms with Gasteiger partial charge < -0.3 is 18.8 Å². The minimum Gasteiger partial charge on any atom is -0.493 e. The number of fused-ring (bicyclic) bond motifs is 1. The van der Waals surface area contributed by atoms with E-state index in [2.05, 4.69) is 4.99 Å². The number of likely N-dealkylation sites (tertiary alicyclic amines) is 1. The molecule has 0 radical (unpaired) electrons. The third kappa shape index (κ3) is 4.35. The topological polar surface area (TPSA) is 116 Å². The predicted molar refractivity (Wildman–Crippen MR) is 106 cm³/mol. The summed E-state index contributed by atoms with van der Waals surface area (Å²) in [5.74, 6) is -1.01. The molecule has 3 rings (SSSR count). The van der Waals surface area contributed by atoms with Gasteiger partial charge in [-0.25, -0.2) is 0 Å². The number of ether oxygens (including phenoxy) is 3. The maximum absolute atomic E-state index is 12.5. The minimum absolute atomic E-state index is 0.0947. The zero-order chi connectivity index (χ0) is 21.8. The van der Waals surface area contributed by atoms with Crippen LogP contribution in [-0.2, 0) is 30.5 Å². The fourth-order valence-electron chi connectivity index (χ4n) is 3.05. The third-order valence-electron chi connectivity index (χ3n) is 4.45. The van der Waals surface area contributed by atoms with Crippen LogP contribution in [0.25, 0.3) is 10.2 Å². The number of carbonyl (C=O) groups is 4. The van der Waals surface area contributed by atoms with Crippen LogP contribution in [0.2, 0.25) is 0 Å². The number of hydrogen-bond donors (Lipinski definition) is 0. The molecule has 1 aliphatic rings. The van der Waals surface area contributed by atoms with Gasteiger partial charge in [-0.1, -0.05) is 11.3 Å². The van der Waals surface area contributed by atoms with Crippen molar-refractivity contribution in [3.63, 3.8) is 0 Å². The van der Waals surface area contributed by atoms with E-state index >= 15 is 0 Å². The maximum atomic E-state index is 12.5. The van der Waals surface area contributed by atoms with E-state index in [0.29, 0.717) is 21.7 Å². The summed E-state index contributed by atoms with van der Waals surface area (Å²) in [6.07, 6.45) is 0.189. The van der Waals surface area contributed by atoms with Gasteiger partial charge in [0.25, 0.3) is 5.91 Å². The Morgan fingerprint density at radius 1 is 1.07 bits per heavy atom. The molecule has 1 fully saturated rings. The highest BCUT2D eigenvalue weighted by molar-refractivity contribution is 7.16. The van der Waals surface area contributed by atoms with Gasteiger partial charge in [0.15, 0.2) is 16.3 Å². The molecule has 11 heteroatoms. The van der Waals surface area contributed by atoms with Gasteiger partial charge in [-0.3, -0.25) is 24.1 Å². The molecule has 2 aromatic rings. The monoisotopic (exact) mass is 435 g/mol. The van der Waals surface area contributed by atoms with Gasteiger partial charge in [-0.15, -0.1) is 0 Å². The summed E-state index contributed by atoms with van der Waals surface area (Å²) in [6.45, 7) is 1.30. The maximum Gasteiger partial charge on any atom is 0.326 e. The first-order valence-corrected chi connectivity index (χ1v) is 10.0. The summed E-state index contributed by atoms with van der Waals surface area (Å²) in [6, 6.07) is 3.40. The van der Waals surface area contributed by atoms with Crippen molar-refractivity contribution in [2.75, 3.05) is 27.4 Å². The Bertz CT molecular complexity index is 1070. The number of rotatable bonds is 7. The average molecular weight is 435 g/mol. The number of imide groups is 1. The molecule has 0 saturated carbocycles. The lowest BCUT2D eigenvalue weighted by molar-refractivity contribution is -0.144. The zero-order valence-electron chi connectivity index (χ0n) is 16.8. The van der Waals surface area contributed by atoms with E-state index in [1.165, 1.54) is 18.8 Å². The molecule has 160 valence electrons. The fraction of sp³-hybridized carbons (Fsp3) is 0.421. The van der Waals surface area contributed by atoms with Crippen LogP contribution in [0.1, 0.15) is 19.8 Å². The first-order valence-electron chi connectivity index (χ1n) is 9.19. The van der Waals surface area contributed by atoms with Gasteiger partial charge in [-0.2, -0.15) is 4.99 Å². The molecule has 0 aliphatic carbocycles. The van der Waals surface area contributed by atoms with Gasteiger partial charge in [-0.05, 0) is 6.92 Å². The molecule has 1 aromatic carbocycles. The van der Waals surface area contributed by atoms with Gasteiger partial charge >= 0.3 is 5.97 Å². The van der Waals surface area contributed by atoms with Crippen LogP contribution < -0.4 is 14.3 Å². The van der Waals surface area contributed by atoms with Crippen LogP contribution in [0.4, 0.5) is 0 Å². The van der Waals surface area contributed by atoms with Crippen LogP contribution in [-0.4, -0.2) is 60.5 Å². The minimum atomic E-state index is -0.665. The third-order valence-corrected chi connectivity index (χ3v) is 5.49. The number of amides is 3. The molecule has 10 nitrogen and oxygen atoms in total. The van der Waals surface area contributed by atoms with E-state index in [1.54, 1.807) is 19.1 Å². The highest BCUT2D eigenvalue weighted by atomic mass is 32.1. The largest absolute Gasteiger partial charge is 0.493 e. The number of esters is 1. The van der Waals surface area contributed by atoms with E-state index in [0.717, 1.165) is 16.2 Å². The lowest BCUT2D eigenvalue weighted by Gasteiger charge is -2.10. The lowest BCUT2D eigenvalue weighted by Crippen LogP contribution is -2.34. The molecule has 1 aromatic heterocycles. The van der Waals surface area contributed by atoms with Crippen molar-refractivity contribution >= 4 is 45.2 Å². The van der Waals surface area contributed by atoms with Crippen LogP contribution in [0.15, 0.2) is 17.1 Å². The van der Waals surface area contributed by atoms with Crippen molar-refractivity contribution in [3.8, 4) is 11.5 Å². The summed E-state index contributed by atoms with van der Waals surface area (Å²) in [4.78, 5) is 53.3. The second-order valence-corrected chi connectivity index (χ2v) is 7.34. The van der Waals surface area contributed by atoms with Gasteiger partial charge in [0.05, 0.1) is 31.0 Å². The predicted octanol–water partition coefficient (Wildman–Crippen LogP) is 0.859. The number of aromatic nitrogens is 1. The van der Waals surface area contributed by atoms with Crippen molar-refractivity contribution in [1.82, 2.24) is 9.47 Å². The number of hydrogen-bond acceptors (Lipinski definition) is 8. The van der Waals surface area contributed by atoms with E-state index < -0.39 is 30.2 Å². The van der Waals surface area contributed by atoms with Crippen molar-refractivity contribution in [2.45, 2.75) is 26.3 Å². The first kappa shape index (κ1) is 21.5. The summed E-state index contributed by atoms with van der Waals surface area (Å²) in [5, 5.41) is 0. The number of nitrogens with zero attached hydrogens (tertiary/aromatic N) is 3. The molecule has 30 heavy (non-hydrogen) atoms. The van der Waals surface area contributed by atoms with Crippen LogP contribution in [0.3, 0.4) is 0 Å². The number of thiazole rings is 1. The Morgan fingerprint density at radius 2 is 1.70 bits per heavy atom. The molecule has 1 aliphatic heterocycles. The average Bonchev–Trinajstić information content (AvgIpc) is 3.20. The molecule has 2 heterocycles. The lowest BCUT2D eigenvalue weighted by atomic mass is 10.3. The fourth-order valence-corrected chi connectivity index (χ4v) is 4.10. The van der Waals surface area contributed by atoms with Gasteiger partial charge in [0.1, 0.15) is 13.1 Å². The summed E-state index contributed by atoms with van der Waals surface area (Å²) in [5.41, 5.74) is 0.602. The van der Waals surface area contributed by atoms with Crippen molar-refractivity contribution < 1.29 is 33.4 Å². The Morgan fingerprint density at radius 3 is 2.30 bits per heavy atom. The van der Waals surface area contributed by atoms with Crippen molar-refractivity contribution in [3.05, 3.63) is 16.9 Å². The van der Waals surface area contributed by atoms with Gasteiger partial charge in [0.2, 0.25) is 11.8 Å². The molecule has 3 amide bonds. The number of methoxy groups -OCH3 is 2. The Balaban J connectivity index is 2.05. The first-order chi connectivity index (χ1) is 14.4. The number of carbonyl (C=O) groups excluding carboxylic acids is 4. The van der Waals surface area contributed by atoms with Crippen LogP contribution in [0.5, 0.6) is 11.5 Å². The summed E-state index contributed by atoms with van der Waals surface area (Å²) < 4.78 is 17.9. The zero-order valence-corrected chi connectivity index (χ0v) is 17.6. The molecule has 0 atom stereocenters. The van der Waals surface area contributed by atoms with E-state index in [-0.39, 0.29) is 30.8 Å². The molecule has 0 unspecified atom stereocenters. The van der Waals surface area contributed by atoms with Crippen molar-refractivity contribution in [2.24, 2.45) is 4.99 Å². The molecule has 1 saturated heterocycles. The normalized spacial score (nSPS) is 14.5. The molecule has 0 N–H and O–H groups in total. The summed E-state index contributed by atoms with van der Waals surface area (Å²) in [7, 11) is 2.99. The Hall–Kier alpha value is -3.21. The highest BCUT2D eigenvalue weighted by Gasteiger charge is 2.30. The van der Waals surface area contributed by atoms with E-state index in [1.807, 2.05) is 0 Å². The van der Waals surface area contributed by atoms with Crippen LogP contribution in [0, 0.1) is 0 Å². The summed E-state index contributed by atoms with van der Waals surface area (Å²) >= 11 is 1.16. The Labute approximate surface area is 175 Å². The van der Waals surface area contributed by atoms with Crippen LogP contribution >= 0.6 is 11.3 Å². The standard InChI is InChI=1S/C19H21N3O7S/c1-4-29-18(26)10-21-11-7-12(27-2)13(28-3)8-14(11)30-19(21)20-15(23)9-22-16(24)5-6-17(22)25/h7-8H,4-6,9-10H2,1-3H3. The molecule has 0 spiro atoms. The molecule has 0 bridgehead atoms. The highest BCUT2D eigenvalue weighted by Crippen LogP contribution is 2.33. The smallest absolute Gasteiger partial charge is 0.326 e. The number of benzene rings is 1. The van der Waals surface area contributed by atoms with Gasteiger partial charge in [0, 0.05) is 25.0 Å². The second-order valence-electron chi connectivity index (χ2n) is 6.33. The Kier molecular flexibility index (Phi) is 6.50.